The number of aromatic nitrogens is 2. The van der Waals surface area contributed by atoms with E-state index in [0.29, 0.717) is 0 Å². The summed E-state index contributed by atoms with van der Waals surface area (Å²) in [6, 6.07) is 8.23. The maximum absolute atomic E-state index is 5.98. The van der Waals surface area contributed by atoms with Gasteiger partial charge in [0.1, 0.15) is 5.75 Å². The Hall–Kier alpha value is -1.81. The fraction of sp³-hybridized carbons (Fsp3) is 0.400. The lowest BCUT2D eigenvalue weighted by atomic mass is 10.1. The van der Waals surface area contributed by atoms with E-state index in [9.17, 15) is 0 Å². The third-order valence-electron chi connectivity index (χ3n) is 3.31. The number of methoxy groups -OCH3 is 1. The second kappa shape index (κ2) is 6.38. The van der Waals surface area contributed by atoms with Crippen molar-refractivity contribution in [1.29, 1.82) is 0 Å². The van der Waals surface area contributed by atoms with Crippen LogP contribution in [-0.4, -0.2) is 16.9 Å². The molecule has 2 N–H and O–H groups in total. The molecule has 0 saturated carbocycles. The first-order valence-electron chi connectivity index (χ1n) is 6.63. The molecule has 1 aromatic carbocycles. The zero-order chi connectivity index (χ0) is 13.7. The smallest absolute Gasteiger partial charge is 0.118 e. The first-order chi connectivity index (χ1) is 9.22. The van der Waals surface area contributed by atoms with Crippen LogP contribution in [0.15, 0.2) is 36.7 Å². The van der Waals surface area contributed by atoms with Crippen LogP contribution >= 0.6 is 0 Å². The van der Waals surface area contributed by atoms with Crippen LogP contribution in [-0.2, 0) is 13.0 Å². The van der Waals surface area contributed by atoms with Crippen LogP contribution in [0, 0.1) is 0 Å². The van der Waals surface area contributed by atoms with Crippen LogP contribution in [0.1, 0.15) is 30.5 Å². The summed E-state index contributed by atoms with van der Waals surface area (Å²) >= 11 is 0. The molecule has 0 spiro atoms. The fourth-order valence-corrected chi connectivity index (χ4v) is 1.96. The summed E-state index contributed by atoms with van der Waals surface area (Å²) in [7, 11) is 1.68. The van der Waals surface area contributed by atoms with E-state index in [4.69, 9.17) is 10.5 Å². The van der Waals surface area contributed by atoms with Gasteiger partial charge in [-0.15, -0.1) is 0 Å². The molecule has 4 nitrogen and oxygen atoms in total. The number of ether oxygens (including phenoxy) is 1. The van der Waals surface area contributed by atoms with Gasteiger partial charge >= 0.3 is 0 Å². The molecular weight excluding hydrogens is 238 g/mol. The van der Waals surface area contributed by atoms with Crippen LogP contribution in [0.3, 0.4) is 0 Å². The first kappa shape index (κ1) is 13.6. The molecule has 2 aromatic rings. The summed E-state index contributed by atoms with van der Waals surface area (Å²) in [6.07, 6.45) is 5.79. The number of hydrogen-bond donors (Lipinski definition) is 1. The molecule has 0 aliphatic carbocycles. The molecule has 1 unspecified atom stereocenters. The molecule has 1 heterocycles. The van der Waals surface area contributed by atoms with E-state index in [1.807, 2.05) is 29.2 Å². The van der Waals surface area contributed by atoms with E-state index in [0.717, 1.165) is 30.7 Å². The van der Waals surface area contributed by atoms with Crippen molar-refractivity contribution in [1.82, 2.24) is 9.78 Å². The van der Waals surface area contributed by atoms with Crippen LogP contribution in [0.5, 0.6) is 5.75 Å². The van der Waals surface area contributed by atoms with Gasteiger partial charge in [-0.3, -0.25) is 4.68 Å². The molecule has 0 radical (unpaired) electrons. The molecule has 2 rings (SSSR count). The summed E-state index contributed by atoms with van der Waals surface area (Å²) in [4.78, 5) is 0. The molecular formula is C15H21N3O. The fourth-order valence-electron chi connectivity index (χ4n) is 1.96. The number of hydrogen-bond acceptors (Lipinski definition) is 3. The molecule has 0 aliphatic heterocycles. The van der Waals surface area contributed by atoms with E-state index in [2.05, 4.69) is 24.2 Å². The predicted octanol–water partition coefficient (Wildman–Crippen LogP) is 2.54. The number of nitrogens with two attached hydrogens (primary N) is 1. The van der Waals surface area contributed by atoms with Crippen LogP contribution in [0.2, 0.25) is 0 Å². The van der Waals surface area contributed by atoms with Gasteiger partial charge in [-0.2, -0.15) is 5.10 Å². The standard InChI is InChI=1S/C15H21N3O/c1-3-15(16)13-10-17-18(11-13)9-8-12-4-6-14(19-2)7-5-12/h4-7,10-11,15H,3,8-9,16H2,1-2H3. The van der Waals surface area contributed by atoms with Crippen molar-refractivity contribution >= 4 is 0 Å². The van der Waals surface area contributed by atoms with E-state index in [1.54, 1.807) is 7.11 Å². The molecule has 0 aliphatic rings. The SMILES string of the molecule is CCC(N)c1cnn(CCc2ccc(OC)cc2)c1. The van der Waals surface area contributed by atoms with Crippen molar-refractivity contribution in [3.63, 3.8) is 0 Å². The van der Waals surface area contributed by atoms with E-state index in [-0.39, 0.29) is 6.04 Å². The van der Waals surface area contributed by atoms with Gasteiger partial charge in [-0.1, -0.05) is 19.1 Å². The summed E-state index contributed by atoms with van der Waals surface area (Å²) in [6.45, 7) is 2.95. The third-order valence-corrected chi connectivity index (χ3v) is 3.31. The average molecular weight is 259 g/mol. The van der Waals surface area contributed by atoms with Crippen molar-refractivity contribution in [2.24, 2.45) is 5.73 Å². The summed E-state index contributed by atoms with van der Waals surface area (Å²) in [5.74, 6) is 0.888. The first-order valence-corrected chi connectivity index (χ1v) is 6.63. The summed E-state index contributed by atoms with van der Waals surface area (Å²) in [5, 5.41) is 4.35. The Morgan fingerprint density at radius 1 is 1.32 bits per heavy atom. The Balaban J connectivity index is 1.92. The molecule has 19 heavy (non-hydrogen) atoms. The maximum Gasteiger partial charge on any atom is 0.118 e. The monoisotopic (exact) mass is 259 g/mol. The van der Waals surface area contributed by atoms with Crippen molar-refractivity contribution in [2.75, 3.05) is 7.11 Å². The second-order valence-electron chi connectivity index (χ2n) is 4.65. The molecule has 102 valence electrons. The van der Waals surface area contributed by atoms with Gasteiger partial charge in [0.15, 0.2) is 0 Å². The zero-order valence-corrected chi connectivity index (χ0v) is 11.5. The highest BCUT2D eigenvalue weighted by Crippen LogP contribution is 2.14. The summed E-state index contributed by atoms with van der Waals surface area (Å²) in [5.41, 5.74) is 8.36. The number of nitrogens with zero attached hydrogens (tertiary/aromatic N) is 2. The molecule has 1 atom stereocenters. The van der Waals surface area contributed by atoms with E-state index >= 15 is 0 Å². The quantitative estimate of drug-likeness (QED) is 0.867. The molecule has 0 fully saturated rings. The molecule has 0 amide bonds. The Bertz CT molecular complexity index is 504. The van der Waals surface area contributed by atoms with Crippen LogP contribution < -0.4 is 10.5 Å². The van der Waals surface area contributed by atoms with Gasteiger partial charge in [0.2, 0.25) is 0 Å². The van der Waals surface area contributed by atoms with Gasteiger partial charge < -0.3 is 10.5 Å². The van der Waals surface area contributed by atoms with Crippen molar-refractivity contribution in [3.05, 3.63) is 47.8 Å². The maximum atomic E-state index is 5.98. The van der Waals surface area contributed by atoms with Gasteiger partial charge in [0, 0.05) is 24.3 Å². The highest BCUT2D eigenvalue weighted by molar-refractivity contribution is 5.27. The van der Waals surface area contributed by atoms with Gasteiger partial charge in [0.25, 0.3) is 0 Å². The molecule has 1 aromatic heterocycles. The van der Waals surface area contributed by atoms with Gasteiger partial charge in [-0.05, 0) is 30.5 Å². The lowest BCUT2D eigenvalue weighted by Gasteiger charge is -2.05. The molecule has 0 saturated heterocycles. The normalized spacial score (nSPS) is 12.4. The van der Waals surface area contributed by atoms with Gasteiger partial charge in [-0.25, -0.2) is 0 Å². The minimum absolute atomic E-state index is 0.0923. The minimum Gasteiger partial charge on any atom is -0.497 e. The highest BCUT2D eigenvalue weighted by atomic mass is 16.5. The zero-order valence-electron chi connectivity index (χ0n) is 11.5. The van der Waals surface area contributed by atoms with Crippen molar-refractivity contribution in [3.8, 4) is 5.75 Å². The Morgan fingerprint density at radius 3 is 2.68 bits per heavy atom. The second-order valence-corrected chi connectivity index (χ2v) is 4.65. The molecule has 0 bridgehead atoms. The number of benzene rings is 1. The van der Waals surface area contributed by atoms with E-state index < -0.39 is 0 Å². The Morgan fingerprint density at radius 2 is 2.05 bits per heavy atom. The minimum atomic E-state index is 0.0923. The van der Waals surface area contributed by atoms with Crippen molar-refractivity contribution < 1.29 is 4.74 Å². The Kier molecular flexibility index (Phi) is 4.58. The Labute approximate surface area is 114 Å². The molecule has 4 heteroatoms. The lowest BCUT2D eigenvalue weighted by Crippen LogP contribution is -2.07. The van der Waals surface area contributed by atoms with Crippen LogP contribution in [0.4, 0.5) is 0 Å². The largest absolute Gasteiger partial charge is 0.497 e. The third kappa shape index (κ3) is 3.58. The average Bonchev–Trinajstić information content (AvgIpc) is 2.93. The lowest BCUT2D eigenvalue weighted by molar-refractivity contribution is 0.414. The topological polar surface area (TPSA) is 53.1 Å². The predicted molar refractivity (Wildman–Crippen MR) is 76.1 cm³/mol. The van der Waals surface area contributed by atoms with Crippen LogP contribution in [0.25, 0.3) is 0 Å². The number of rotatable bonds is 6. The number of aryl methyl sites for hydroxylation is 2. The summed E-state index contributed by atoms with van der Waals surface area (Å²) < 4.78 is 7.10. The van der Waals surface area contributed by atoms with Crippen molar-refractivity contribution in [2.45, 2.75) is 32.4 Å². The van der Waals surface area contributed by atoms with Gasteiger partial charge in [0.05, 0.1) is 13.3 Å². The highest BCUT2D eigenvalue weighted by Gasteiger charge is 2.06. The van der Waals surface area contributed by atoms with E-state index in [1.165, 1.54) is 5.56 Å².